The van der Waals surface area contributed by atoms with Crippen molar-refractivity contribution in [2.75, 3.05) is 43.9 Å². The van der Waals surface area contributed by atoms with E-state index in [0.717, 1.165) is 42.3 Å². The number of carbonyl (C=O) groups is 2. The molecule has 32 heavy (non-hydrogen) atoms. The van der Waals surface area contributed by atoms with Crippen molar-refractivity contribution >= 4 is 23.3 Å². The second-order valence-corrected chi connectivity index (χ2v) is 8.40. The minimum atomic E-state index is -0.442. The molecule has 0 spiro atoms. The molecule has 0 unspecified atom stereocenters. The summed E-state index contributed by atoms with van der Waals surface area (Å²) >= 11 is 0. The van der Waals surface area contributed by atoms with Crippen LogP contribution in [0.2, 0.25) is 0 Å². The predicted molar refractivity (Wildman–Crippen MR) is 120 cm³/mol. The summed E-state index contributed by atoms with van der Waals surface area (Å²) in [5, 5.41) is 5.82. The maximum Gasteiger partial charge on any atom is 0.238 e. The van der Waals surface area contributed by atoms with Gasteiger partial charge in [-0.15, -0.1) is 0 Å². The Bertz CT molecular complexity index is 997. The quantitative estimate of drug-likeness (QED) is 0.742. The van der Waals surface area contributed by atoms with Crippen LogP contribution in [-0.4, -0.2) is 64.8 Å². The number of halogens is 1. The van der Waals surface area contributed by atoms with Gasteiger partial charge in [-0.2, -0.15) is 0 Å². The Morgan fingerprint density at radius 1 is 1.22 bits per heavy atom. The fourth-order valence-corrected chi connectivity index (χ4v) is 4.46. The molecule has 170 valence electrons. The van der Waals surface area contributed by atoms with E-state index in [4.69, 9.17) is 9.97 Å². The van der Waals surface area contributed by atoms with Crippen LogP contribution in [0.15, 0.2) is 24.3 Å². The van der Waals surface area contributed by atoms with Crippen molar-refractivity contribution in [1.82, 2.24) is 19.8 Å². The van der Waals surface area contributed by atoms with Gasteiger partial charge >= 0.3 is 0 Å². The number of hydrogen-bond acceptors (Lipinski definition) is 6. The first-order valence-electron chi connectivity index (χ1n) is 11.0. The first-order chi connectivity index (χ1) is 15.4. The van der Waals surface area contributed by atoms with Crippen molar-refractivity contribution in [2.24, 2.45) is 0 Å². The van der Waals surface area contributed by atoms with E-state index < -0.39 is 5.82 Å². The Balaban J connectivity index is 1.45. The molecular weight excluding hydrogens is 411 g/mol. The molecule has 1 atom stereocenters. The first kappa shape index (κ1) is 22.1. The number of fused-ring (bicyclic) bond motifs is 1. The maximum absolute atomic E-state index is 13.8. The summed E-state index contributed by atoms with van der Waals surface area (Å²) < 4.78 is 13.8. The zero-order chi connectivity index (χ0) is 22.7. The van der Waals surface area contributed by atoms with Crippen molar-refractivity contribution in [1.29, 1.82) is 0 Å². The number of piperidine rings is 1. The van der Waals surface area contributed by atoms with Gasteiger partial charge in [0.2, 0.25) is 11.8 Å². The lowest BCUT2D eigenvalue weighted by Gasteiger charge is -2.33. The third-order valence-electron chi connectivity index (χ3n) is 6.15. The van der Waals surface area contributed by atoms with Crippen molar-refractivity contribution < 1.29 is 14.0 Å². The Hall–Kier alpha value is -3.07. The number of para-hydroxylation sites is 1. The van der Waals surface area contributed by atoms with Gasteiger partial charge in [-0.05, 0) is 31.5 Å². The van der Waals surface area contributed by atoms with Gasteiger partial charge in [-0.3, -0.25) is 14.5 Å². The number of nitrogens with zero attached hydrogens (tertiary/aromatic N) is 4. The monoisotopic (exact) mass is 440 g/mol. The highest BCUT2D eigenvalue weighted by molar-refractivity contribution is 5.92. The molecule has 2 aromatic rings. The summed E-state index contributed by atoms with van der Waals surface area (Å²) in [7, 11) is 1.83. The van der Waals surface area contributed by atoms with Crippen molar-refractivity contribution in [3.05, 3.63) is 47.2 Å². The lowest BCUT2D eigenvalue weighted by molar-refractivity contribution is -0.129. The summed E-state index contributed by atoms with van der Waals surface area (Å²) in [5.41, 5.74) is 2.17. The van der Waals surface area contributed by atoms with Crippen LogP contribution in [0.3, 0.4) is 0 Å². The molecular formula is C23H29FN6O2. The van der Waals surface area contributed by atoms with E-state index in [1.807, 2.05) is 11.9 Å². The van der Waals surface area contributed by atoms with E-state index in [9.17, 15) is 14.0 Å². The third kappa shape index (κ3) is 4.88. The van der Waals surface area contributed by atoms with Crippen LogP contribution in [-0.2, 0) is 22.6 Å². The van der Waals surface area contributed by atoms with Crippen LogP contribution in [0.5, 0.6) is 0 Å². The summed E-state index contributed by atoms with van der Waals surface area (Å²) in [4.78, 5) is 37.8. The number of aromatic nitrogens is 2. The average Bonchev–Trinajstić information content (AvgIpc) is 2.79. The predicted octanol–water partition coefficient (Wildman–Crippen LogP) is 2.38. The molecule has 2 amide bonds. The Labute approximate surface area is 187 Å². The molecule has 2 N–H and O–H groups in total. The Morgan fingerprint density at radius 2 is 2.03 bits per heavy atom. The lowest BCUT2D eigenvalue weighted by atomic mass is 9.96. The van der Waals surface area contributed by atoms with E-state index in [1.165, 1.54) is 6.07 Å². The van der Waals surface area contributed by atoms with Crippen LogP contribution < -0.4 is 10.6 Å². The summed E-state index contributed by atoms with van der Waals surface area (Å²) in [6, 6.07) is 6.17. The molecule has 0 saturated carbocycles. The number of anilines is 2. The van der Waals surface area contributed by atoms with Crippen LogP contribution in [0.1, 0.15) is 42.8 Å². The molecule has 2 aliphatic rings. The molecule has 0 bridgehead atoms. The minimum Gasteiger partial charge on any atom is -0.373 e. The fourth-order valence-electron chi connectivity index (χ4n) is 4.46. The topological polar surface area (TPSA) is 90.5 Å². The molecule has 8 nitrogen and oxygen atoms in total. The standard InChI is InChI=1S/C23H29FN6O2/c1-15(31)30-11-9-19-17(13-30)23(25-2)28-22(27-19)16-6-5-10-29(12-16)14-21(32)26-20-8-4-3-7-18(20)24/h3-4,7-8,16H,5-6,9-14H2,1-2H3,(H,26,32)(H,25,27,28)/t16-/m1/s1. The number of carbonyl (C=O) groups excluding carboxylic acids is 2. The second kappa shape index (κ2) is 9.60. The zero-order valence-corrected chi connectivity index (χ0v) is 18.5. The van der Waals surface area contributed by atoms with Crippen molar-refractivity contribution in [2.45, 2.75) is 38.6 Å². The minimum absolute atomic E-state index is 0.0540. The highest BCUT2D eigenvalue weighted by Gasteiger charge is 2.29. The molecule has 1 aromatic carbocycles. The molecule has 4 rings (SSSR count). The molecule has 0 radical (unpaired) electrons. The summed E-state index contributed by atoms with van der Waals surface area (Å²) in [5.74, 6) is 1.05. The van der Waals surface area contributed by atoms with Crippen LogP contribution >= 0.6 is 0 Å². The van der Waals surface area contributed by atoms with E-state index in [2.05, 4.69) is 15.5 Å². The van der Waals surface area contributed by atoms with Crippen LogP contribution in [0.4, 0.5) is 15.9 Å². The second-order valence-electron chi connectivity index (χ2n) is 8.40. The number of hydrogen-bond donors (Lipinski definition) is 2. The van der Waals surface area contributed by atoms with Crippen LogP contribution in [0, 0.1) is 5.82 Å². The van der Waals surface area contributed by atoms with Gasteiger partial charge in [0, 0.05) is 45.0 Å². The van der Waals surface area contributed by atoms with Gasteiger partial charge in [-0.25, -0.2) is 14.4 Å². The highest BCUT2D eigenvalue weighted by Crippen LogP contribution is 2.30. The molecule has 1 saturated heterocycles. The Morgan fingerprint density at radius 3 is 2.78 bits per heavy atom. The zero-order valence-electron chi connectivity index (χ0n) is 18.5. The maximum atomic E-state index is 13.8. The molecule has 3 heterocycles. The third-order valence-corrected chi connectivity index (χ3v) is 6.15. The van der Waals surface area contributed by atoms with Gasteiger partial charge < -0.3 is 15.5 Å². The van der Waals surface area contributed by atoms with Gasteiger partial charge in [0.25, 0.3) is 0 Å². The van der Waals surface area contributed by atoms with Crippen molar-refractivity contribution in [3.8, 4) is 0 Å². The number of rotatable bonds is 5. The number of nitrogens with one attached hydrogen (secondary N) is 2. The number of amides is 2. The van der Waals surface area contributed by atoms with Gasteiger partial charge in [0.05, 0.1) is 24.5 Å². The largest absolute Gasteiger partial charge is 0.373 e. The molecule has 1 aromatic heterocycles. The van der Waals surface area contributed by atoms with E-state index in [-0.39, 0.29) is 30.0 Å². The van der Waals surface area contributed by atoms with E-state index in [1.54, 1.807) is 25.1 Å². The molecule has 9 heteroatoms. The molecule has 2 aliphatic heterocycles. The van der Waals surface area contributed by atoms with E-state index in [0.29, 0.717) is 26.1 Å². The van der Waals surface area contributed by atoms with E-state index >= 15 is 0 Å². The Kier molecular flexibility index (Phi) is 6.64. The normalized spacial score (nSPS) is 18.7. The average molecular weight is 441 g/mol. The van der Waals surface area contributed by atoms with Gasteiger partial charge in [-0.1, -0.05) is 12.1 Å². The highest BCUT2D eigenvalue weighted by atomic mass is 19.1. The smallest absolute Gasteiger partial charge is 0.238 e. The first-order valence-corrected chi connectivity index (χ1v) is 11.0. The number of benzene rings is 1. The SMILES string of the molecule is CNc1nc([C@@H]2CCCN(CC(=O)Nc3ccccc3F)C2)nc2c1CN(C(C)=O)CC2. The molecule has 1 fully saturated rings. The fraction of sp³-hybridized carbons (Fsp3) is 0.478. The van der Waals surface area contributed by atoms with Crippen LogP contribution in [0.25, 0.3) is 0 Å². The van der Waals surface area contributed by atoms with Gasteiger partial charge in [0.1, 0.15) is 17.5 Å². The number of likely N-dealkylation sites (tertiary alicyclic amines) is 1. The summed E-state index contributed by atoms with van der Waals surface area (Å²) in [6.07, 6.45) is 2.60. The van der Waals surface area contributed by atoms with Crippen molar-refractivity contribution in [3.63, 3.8) is 0 Å². The van der Waals surface area contributed by atoms with Gasteiger partial charge in [0.15, 0.2) is 0 Å². The summed E-state index contributed by atoms with van der Waals surface area (Å²) in [6.45, 7) is 4.44. The lowest BCUT2D eigenvalue weighted by Crippen LogP contribution is -2.40. The molecule has 0 aliphatic carbocycles.